The summed E-state index contributed by atoms with van der Waals surface area (Å²) in [5.41, 5.74) is 0. The maximum Gasteiger partial charge on any atom is 0.407 e. The number of unbranched alkanes of at least 4 members (excludes halogenated alkanes) is 1. The summed E-state index contributed by atoms with van der Waals surface area (Å²) in [5.74, 6) is 0.587. The maximum absolute atomic E-state index is 11.0. The molecule has 0 aromatic carbocycles. The minimum atomic E-state index is -0.283. The van der Waals surface area contributed by atoms with Gasteiger partial charge in [-0.2, -0.15) is 0 Å². The Morgan fingerprint density at radius 2 is 2.15 bits per heavy atom. The van der Waals surface area contributed by atoms with E-state index in [2.05, 4.69) is 26.1 Å². The molecule has 13 heavy (non-hydrogen) atoms. The molecule has 0 rings (SSSR count). The van der Waals surface area contributed by atoms with Crippen LogP contribution in [-0.4, -0.2) is 19.2 Å². The molecular weight excluding hydrogens is 166 g/mol. The number of alkyl carbamates (subject to hydrolysis) is 1. The first kappa shape index (κ1) is 12.3. The summed E-state index contributed by atoms with van der Waals surface area (Å²) in [6.45, 7) is 7.55. The van der Waals surface area contributed by atoms with E-state index in [9.17, 15) is 4.79 Å². The van der Waals surface area contributed by atoms with E-state index in [-0.39, 0.29) is 6.09 Å². The molecular formula is C10H21NO2. The van der Waals surface area contributed by atoms with Crippen LogP contribution in [0.25, 0.3) is 0 Å². The second kappa shape index (κ2) is 7.90. The van der Waals surface area contributed by atoms with Gasteiger partial charge in [-0.15, -0.1) is 0 Å². The summed E-state index contributed by atoms with van der Waals surface area (Å²) >= 11 is 0. The molecule has 1 N–H and O–H groups in total. The van der Waals surface area contributed by atoms with Gasteiger partial charge in [0.1, 0.15) is 0 Å². The number of carbonyl (C=O) groups excluding carboxylic acids is 1. The van der Waals surface area contributed by atoms with Crippen LogP contribution in [0.15, 0.2) is 0 Å². The first-order valence-corrected chi connectivity index (χ1v) is 5.07. The highest BCUT2D eigenvalue weighted by Gasteiger charge is 2.00. The summed E-state index contributed by atoms with van der Waals surface area (Å²) in [4.78, 5) is 11.0. The number of ether oxygens (including phenoxy) is 1. The molecule has 0 aliphatic heterocycles. The van der Waals surface area contributed by atoms with Gasteiger partial charge in [-0.05, 0) is 18.8 Å². The second-order valence-corrected chi connectivity index (χ2v) is 3.60. The van der Waals surface area contributed by atoms with Gasteiger partial charge in [-0.1, -0.05) is 27.2 Å². The molecule has 0 aromatic heterocycles. The molecule has 3 heteroatoms. The number of rotatable bonds is 6. The van der Waals surface area contributed by atoms with Crippen molar-refractivity contribution in [3.8, 4) is 0 Å². The third-order valence-electron chi connectivity index (χ3n) is 1.73. The predicted octanol–water partition coefficient (Wildman–Crippen LogP) is 2.56. The monoisotopic (exact) mass is 187 g/mol. The van der Waals surface area contributed by atoms with Crippen LogP contribution in [-0.2, 0) is 4.74 Å². The minimum Gasteiger partial charge on any atom is -0.450 e. The summed E-state index contributed by atoms with van der Waals surface area (Å²) in [5, 5.41) is 2.70. The van der Waals surface area contributed by atoms with E-state index >= 15 is 0 Å². The number of hydrogen-bond donors (Lipinski definition) is 1. The van der Waals surface area contributed by atoms with Gasteiger partial charge in [-0.3, -0.25) is 0 Å². The van der Waals surface area contributed by atoms with Crippen LogP contribution in [0.4, 0.5) is 4.79 Å². The van der Waals surface area contributed by atoms with Crippen molar-refractivity contribution in [2.45, 2.75) is 40.0 Å². The summed E-state index contributed by atoms with van der Waals surface area (Å²) in [6.07, 6.45) is 2.75. The Morgan fingerprint density at radius 1 is 1.46 bits per heavy atom. The maximum atomic E-state index is 11.0. The van der Waals surface area contributed by atoms with Gasteiger partial charge < -0.3 is 10.1 Å². The van der Waals surface area contributed by atoms with Crippen molar-refractivity contribution in [1.29, 1.82) is 0 Å². The molecule has 0 fully saturated rings. The normalized spacial score (nSPS) is 10.2. The summed E-state index contributed by atoms with van der Waals surface area (Å²) in [7, 11) is 0. The van der Waals surface area contributed by atoms with Crippen molar-refractivity contribution in [2.24, 2.45) is 5.92 Å². The molecule has 0 bridgehead atoms. The molecule has 0 aliphatic rings. The van der Waals surface area contributed by atoms with Gasteiger partial charge in [0, 0.05) is 6.54 Å². The molecule has 0 atom stereocenters. The van der Waals surface area contributed by atoms with Gasteiger partial charge in [0.05, 0.1) is 6.61 Å². The standard InChI is InChI=1S/C10H21NO2/c1-4-5-7-11-10(12)13-8-6-9(2)3/h9H,4-8H2,1-3H3,(H,11,12). The van der Waals surface area contributed by atoms with Crippen LogP contribution >= 0.6 is 0 Å². The molecule has 0 spiro atoms. The first-order chi connectivity index (χ1) is 6.16. The zero-order valence-corrected chi connectivity index (χ0v) is 8.93. The van der Waals surface area contributed by atoms with Crippen LogP contribution in [0.3, 0.4) is 0 Å². The molecule has 0 saturated carbocycles. The fourth-order valence-corrected chi connectivity index (χ4v) is 0.806. The van der Waals surface area contributed by atoms with E-state index in [4.69, 9.17) is 4.74 Å². The lowest BCUT2D eigenvalue weighted by Gasteiger charge is -2.07. The lowest BCUT2D eigenvalue weighted by Crippen LogP contribution is -2.25. The van der Waals surface area contributed by atoms with Crippen molar-refractivity contribution in [1.82, 2.24) is 5.32 Å². The van der Waals surface area contributed by atoms with E-state index < -0.39 is 0 Å². The summed E-state index contributed by atoms with van der Waals surface area (Å²) < 4.78 is 4.95. The quantitative estimate of drug-likeness (QED) is 0.649. The molecule has 1 amide bonds. The molecule has 0 saturated heterocycles. The minimum absolute atomic E-state index is 0.283. The fraction of sp³-hybridized carbons (Fsp3) is 0.900. The van der Waals surface area contributed by atoms with Crippen LogP contribution in [0.5, 0.6) is 0 Å². The van der Waals surface area contributed by atoms with Crippen molar-refractivity contribution < 1.29 is 9.53 Å². The van der Waals surface area contributed by atoms with E-state index in [0.717, 1.165) is 25.8 Å². The molecule has 0 aromatic rings. The third kappa shape index (κ3) is 9.18. The van der Waals surface area contributed by atoms with Crippen molar-refractivity contribution in [3.63, 3.8) is 0 Å². The highest BCUT2D eigenvalue weighted by atomic mass is 16.5. The Kier molecular flexibility index (Phi) is 7.45. The average molecular weight is 187 g/mol. The van der Waals surface area contributed by atoms with E-state index in [1.807, 2.05) is 0 Å². The number of hydrogen-bond acceptors (Lipinski definition) is 2. The second-order valence-electron chi connectivity index (χ2n) is 3.60. The Balaban J connectivity index is 3.20. The van der Waals surface area contributed by atoms with Crippen LogP contribution in [0.2, 0.25) is 0 Å². The molecule has 3 nitrogen and oxygen atoms in total. The van der Waals surface area contributed by atoms with Crippen LogP contribution in [0, 0.1) is 5.92 Å². The first-order valence-electron chi connectivity index (χ1n) is 5.07. The van der Waals surface area contributed by atoms with E-state index in [0.29, 0.717) is 12.5 Å². The smallest absolute Gasteiger partial charge is 0.407 e. The van der Waals surface area contributed by atoms with Crippen molar-refractivity contribution in [2.75, 3.05) is 13.2 Å². The SMILES string of the molecule is CCCCNC(=O)OCCC(C)C. The Bertz CT molecular complexity index is 135. The Hall–Kier alpha value is -0.730. The Labute approximate surface area is 80.8 Å². The lowest BCUT2D eigenvalue weighted by molar-refractivity contribution is 0.140. The number of nitrogens with one attached hydrogen (secondary N) is 1. The van der Waals surface area contributed by atoms with Gasteiger partial charge in [0.2, 0.25) is 0 Å². The van der Waals surface area contributed by atoms with Gasteiger partial charge in [0.15, 0.2) is 0 Å². The highest BCUT2D eigenvalue weighted by molar-refractivity contribution is 5.66. The van der Waals surface area contributed by atoms with Gasteiger partial charge >= 0.3 is 6.09 Å². The van der Waals surface area contributed by atoms with E-state index in [1.165, 1.54) is 0 Å². The molecule has 78 valence electrons. The fourth-order valence-electron chi connectivity index (χ4n) is 0.806. The average Bonchev–Trinajstić information content (AvgIpc) is 2.04. The van der Waals surface area contributed by atoms with E-state index in [1.54, 1.807) is 0 Å². The van der Waals surface area contributed by atoms with Crippen LogP contribution in [0.1, 0.15) is 40.0 Å². The highest BCUT2D eigenvalue weighted by Crippen LogP contribution is 1.98. The molecule has 0 aliphatic carbocycles. The van der Waals surface area contributed by atoms with Gasteiger partial charge in [0.25, 0.3) is 0 Å². The van der Waals surface area contributed by atoms with Crippen LogP contribution < -0.4 is 5.32 Å². The Morgan fingerprint density at radius 3 is 2.69 bits per heavy atom. The molecule has 0 unspecified atom stereocenters. The lowest BCUT2D eigenvalue weighted by atomic mass is 10.1. The number of amides is 1. The summed E-state index contributed by atoms with van der Waals surface area (Å²) in [6, 6.07) is 0. The molecule has 0 radical (unpaired) electrons. The number of carbonyl (C=O) groups is 1. The van der Waals surface area contributed by atoms with Gasteiger partial charge in [-0.25, -0.2) is 4.79 Å². The largest absolute Gasteiger partial charge is 0.450 e. The zero-order chi connectivity index (χ0) is 10.1. The zero-order valence-electron chi connectivity index (χ0n) is 8.93. The van der Waals surface area contributed by atoms with Crippen molar-refractivity contribution in [3.05, 3.63) is 0 Å². The predicted molar refractivity (Wildman–Crippen MR) is 53.7 cm³/mol. The third-order valence-corrected chi connectivity index (χ3v) is 1.73. The topological polar surface area (TPSA) is 38.3 Å². The van der Waals surface area contributed by atoms with Crippen molar-refractivity contribution >= 4 is 6.09 Å². The molecule has 0 heterocycles.